The van der Waals surface area contributed by atoms with Crippen LogP contribution in [0.3, 0.4) is 0 Å². The molecule has 0 saturated carbocycles. The van der Waals surface area contributed by atoms with Gasteiger partial charge in [-0.1, -0.05) is 46.3 Å². The molecule has 1 amide bonds. The number of amides is 1. The van der Waals surface area contributed by atoms with Crippen LogP contribution in [-0.2, 0) is 11.2 Å². The van der Waals surface area contributed by atoms with Crippen molar-refractivity contribution in [2.24, 2.45) is 5.73 Å². The Bertz CT molecular complexity index is 885. The van der Waals surface area contributed by atoms with Crippen molar-refractivity contribution in [3.05, 3.63) is 81.6 Å². The average molecular weight is 398 g/mol. The summed E-state index contributed by atoms with van der Waals surface area (Å²) in [7, 11) is 0. The summed E-state index contributed by atoms with van der Waals surface area (Å²) in [5.74, 6) is -0.736. The molecule has 0 aliphatic carbocycles. The molecule has 0 saturated heterocycles. The van der Waals surface area contributed by atoms with E-state index in [-0.39, 0.29) is 5.91 Å². The van der Waals surface area contributed by atoms with Crippen LogP contribution in [-0.4, -0.2) is 15.7 Å². The second-order valence-electron chi connectivity index (χ2n) is 6.12. The Morgan fingerprint density at radius 2 is 1.76 bits per heavy atom. The molecule has 0 radical (unpaired) electrons. The summed E-state index contributed by atoms with van der Waals surface area (Å²) in [6.45, 7) is 3.92. The van der Waals surface area contributed by atoms with Crippen molar-refractivity contribution in [2.75, 3.05) is 0 Å². The lowest BCUT2D eigenvalue weighted by atomic mass is 9.90. The number of carbonyl (C=O) groups is 1. The molecule has 1 aromatic heterocycles. The van der Waals surface area contributed by atoms with E-state index in [9.17, 15) is 4.79 Å². The van der Waals surface area contributed by atoms with E-state index >= 15 is 0 Å². The van der Waals surface area contributed by atoms with Crippen LogP contribution in [0, 0.1) is 13.8 Å². The van der Waals surface area contributed by atoms with Crippen LogP contribution in [0.25, 0.3) is 5.69 Å². The molecule has 3 rings (SSSR count). The maximum absolute atomic E-state index is 12.2. The van der Waals surface area contributed by atoms with Crippen molar-refractivity contribution < 1.29 is 4.79 Å². The highest BCUT2D eigenvalue weighted by molar-refractivity contribution is 9.10. The summed E-state index contributed by atoms with van der Waals surface area (Å²) >= 11 is 3.43. The molecule has 0 spiro atoms. The molecule has 25 heavy (non-hydrogen) atoms. The summed E-state index contributed by atoms with van der Waals surface area (Å²) in [5, 5.41) is 4.64. The quantitative estimate of drug-likeness (QED) is 0.705. The predicted octanol–water partition coefficient (Wildman–Crippen LogP) is 4.06. The monoisotopic (exact) mass is 397 g/mol. The van der Waals surface area contributed by atoms with Crippen LogP contribution < -0.4 is 5.73 Å². The van der Waals surface area contributed by atoms with Crippen molar-refractivity contribution in [1.29, 1.82) is 0 Å². The predicted molar refractivity (Wildman–Crippen MR) is 103 cm³/mol. The Hall–Kier alpha value is -2.40. The SMILES string of the molecule is Cc1nn(-c2ccccc2)c(C)c1C(Cc1ccc(Br)cc1)C(N)=O. The maximum Gasteiger partial charge on any atom is 0.225 e. The Labute approximate surface area is 155 Å². The van der Waals surface area contributed by atoms with Crippen molar-refractivity contribution in [3.8, 4) is 5.69 Å². The fourth-order valence-corrected chi connectivity index (χ4v) is 3.45. The van der Waals surface area contributed by atoms with Gasteiger partial charge in [0.1, 0.15) is 0 Å². The van der Waals surface area contributed by atoms with Crippen LogP contribution in [0.4, 0.5) is 0 Å². The van der Waals surface area contributed by atoms with Gasteiger partial charge in [0.15, 0.2) is 0 Å². The topological polar surface area (TPSA) is 60.9 Å². The third kappa shape index (κ3) is 3.66. The third-order valence-electron chi connectivity index (χ3n) is 4.39. The zero-order valence-electron chi connectivity index (χ0n) is 14.2. The minimum atomic E-state index is -0.404. The van der Waals surface area contributed by atoms with E-state index in [0.717, 1.165) is 32.7 Å². The Morgan fingerprint density at radius 3 is 2.36 bits per heavy atom. The van der Waals surface area contributed by atoms with Gasteiger partial charge in [0.25, 0.3) is 0 Å². The van der Waals surface area contributed by atoms with Crippen LogP contribution in [0.5, 0.6) is 0 Å². The number of para-hydroxylation sites is 1. The van der Waals surface area contributed by atoms with Crippen molar-refractivity contribution >= 4 is 21.8 Å². The standard InChI is InChI=1S/C20H20BrN3O/c1-13-19(14(2)24(23-13)17-6-4-3-5-7-17)18(20(22)25)12-15-8-10-16(21)11-9-15/h3-11,18H,12H2,1-2H3,(H2,22,25). The number of primary amides is 1. The molecule has 5 heteroatoms. The largest absolute Gasteiger partial charge is 0.369 e. The van der Waals surface area contributed by atoms with E-state index in [1.807, 2.05) is 73.1 Å². The normalized spacial score (nSPS) is 12.1. The second-order valence-corrected chi connectivity index (χ2v) is 7.03. The Morgan fingerprint density at radius 1 is 1.12 bits per heavy atom. The van der Waals surface area contributed by atoms with Gasteiger partial charge in [0, 0.05) is 15.7 Å². The van der Waals surface area contributed by atoms with Gasteiger partial charge < -0.3 is 5.73 Å². The molecule has 2 N–H and O–H groups in total. The molecule has 0 fully saturated rings. The average Bonchev–Trinajstić information content (AvgIpc) is 2.89. The molecular weight excluding hydrogens is 378 g/mol. The van der Waals surface area contributed by atoms with Crippen LogP contribution in [0.1, 0.15) is 28.4 Å². The lowest BCUT2D eigenvalue weighted by Gasteiger charge is -2.15. The lowest BCUT2D eigenvalue weighted by molar-refractivity contribution is -0.119. The summed E-state index contributed by atoms with van der Waals surface area (Å²) < 4.78 is 2.89. The number of aryl methyl sites for hydroxylation is 1. The van der Waals surface area contributed by atoms with Gasteiger partial charge in [0.2, 0.25) is 5.91 Å². The van der Waals surface area contributed by atoms with Gasteiger partial charge >= 0.3 is 0 Å². The van der Waals surface area contributed by atoms with Gasteiger partial charge in [-0.3, -0.25) is 4.79 Å². The van der Waals surface area contributed by atoms with Crippen LogP contribution >= 0.6 is 15.9 Å². The number of benzene rings is 2. The number of rotatable bonds is 5. The summed E-state index contributed by atoms with van der Waals surface area (Å²) in [6, 6.07) is 17.9. The fraction of sp³-hybridized carbons (Fsp3) is 0.200. The first-order valence-corrected chi connectivity index (χ1v) is 8.92. The number of aromatic nitrogens is 2. The number of halogens is 1. The van der Waals surface area contributed by atoms with Gasteiger partial charge in [-0.2, -0.15) is 5.10 Å². The van der Waals surface area contributed by atoms with Crippen molar-refractivity contribution in [2.45, 2.75) is 26.2 Å². The van der Waals surface area contributed by atoms with Gasteiger partial charge in [-0.05, 0) is 50.1 Å². The number of nitrogens with two attached hydrogens (primary N) is 1. The van der Waals surface area contributed by atoms with E-state index in [2.05, 4.69) is 21.0 Å². The van der Waals surface area contributed by atoms with Gasteiger partial charge in [-0.15, -0.1) is 0 Å². The molecule has 1 unspecified atom stereocenters. The minimum absolute atomic E-state index is 0.332. The number of hydrogen-bond acceptors (Lipinski definition) is 2. The molecule has 4 nitrogen and oxygen atoms in total. The van der Waals surface area contributed by atoms with Crippen LogP contribution in [0.2, 0.25) is 0 Å². The molecule has 3 aromatic rings. The highest BCUT2D eigenvalue weighted by atomic mass is 79.9. The Kier molecular flexibility index (Phi) is 5.04. The van der Waals surface area contributed by atoms with E-state index < -0.39 is 5.92 Å². The molecule has 0 aliphatic heterocycles. The summed E-state index contributed by atoms with van der Waals surface area (Å²) in [5.41, 5.74) is 10.5. The third-order valence-corrected chi connectivity index (χ3v) is 4.92. The molecule has 1 heterocycles. The molecule has 0 aliphatic rings. The Balaban J connectivity index is 2.01. The first-order valence-electron chi connectivity index (χ1n) is 8.12. The number of carbonyl (C=O) groups excluding carboxylic acids is 1. The first kappa shape index (κ1) is 17.4. The van der Waals surface area contributed by atoms with E-state index in [0.29, 0.717) is 6.42 Å². The molecular formula is C20H20BrN3O. The molecule has 2 aromatic carbocycles. The summed E-state index contributed by atoms with van der Waals surface area (Å²) in [6.07, 6.45) is 0.560. The highest BCUT2D eigenvalue weighted by Crippen LogP contribution is 2.29. The van der Waals surface area contributed by atoms with Gasteiger partial charge in [-0.25, -0.2) is 4.68 Å². The van der Waals surface area contributed by atoms with Crippen LogP contribution in [0.15, 0.2) is 59.1 Å². The highest BCUT2D eigenvalue weighted by Gasteiger charge is 2.26. The number of hydrogen-bond donors (Lipinski definition) is 1. The van der Waals surface area contributed by atoms with Crippen molar-refractivity contribution in [3.63, 3.8) is 0 Å². The number of nitrogens with zero attached hydrogens (tertiary/aromatic N) is 2. The van der Waals surface area contributed by atoms with E-state index in [1.165, 1.54) is 0 Å². The summed E-state index contributed by atoms with van der Waals surface area (Å²) in [4.78, 5) is 12.2. The minimum Gasteiger partial charge on any atom is -0.369 e. The second kappa shape index (κ2) is 7.23. The van der Waals surface area contributed by atoms with E-state index in [4.69, 9.17) is 5.73 Å². The molecule has 0 bridgehead atoms. The maximum atomic E-state index is 12.2. The molecule has 128 valence electrons. The zero-order chi connectivity index (χ0) is 18.0. The van der Waals surface area contributed by atoms with Crippen molar-refractivity contribution in [1.82, 2.24) is 9.78 Å². The van der Waals surface area contributed by atoms with Gasteiger partial charge in [0.05, 0.1) is 17.3 Å². The fourth-order valence-electron chi connectivity index (χ4n) is 3.18. The zero-order valence-corrected chi connectivity index (χ0v) is 15.8. The first-order chi connectivity index (χ1) is 12.0. The smallest absolute Gasteiger partial charge is 0.225 e. The van der Waals surface area contributed by atoms with E-state index in [1.54, 1.807) is 0 Å². The molecule has 1 atom stereocenters. The lowest BCUT2D eigenvalue weighted by Crippen LogP contribution is -2.24.